The highest BCUT2D eigenvalue weighted by molar-refractivity contribution is 9.10. The Kier molecular flexibility index (Phi) is 5.13. The van der Waals surface area contributed by atoms with Crippen LogP contribution in [0.1, 0.15) is 38.3 Å². The fourth-order valence-electron chi connectivity index (χ4n) is 3.26. The zero-order chi connectivity index (χ0) is 20.7. The van der Waals surface area contributed by atoms with E-state index in [0.717, 1.165) is 20.3 Å². The molecule has 0 aliphatic carbocycles. The zero-order valence-corrected chi connectivity index (χ0v) is 17.9. The molecule has 1 aromatic carbocycles. The molecule has 29 heavy (non-hydrogen) atoms. The van der Waals surface area contributed by atoms with Crippen LogP contribution in [-0.2, 0) is 17.8 Å². The summed E-state index contributed by atoms with van der Waals surface area (Å²) in [5.74, 6) is -1.20. The monoisotopic (exact) mass is 475 g/mol. The third-order valence-corrected chi connectivity index (χ3v) is 6.48. The van der Waals surface area contributed by atoms with Gasteiger partial charge in [0.15, 0.2) is 5.69 Å². The molecule has 8 nitrogen and oxygen atoms in total. The fourth-order valence-corrected chi connectivity index (χ4v) is 4.84. The highest BCUT2D eigenvalue weighted by Gasteiger charge is 2.29. The number of hydrogen-bond acceptors (Lipinski definition) is 5. The molecule has 0 saturated heterocycles. The molecular weight excluding hydrogens is 458 g/mol. The van der Waals surface area contributed by atoms with Gasteiger partial charge in [0.05, 0.1) is 11.4 Å². The Balaban J connectivity index is 1.56. The summed E-state index contributed by atoms with van der Waals surface area (Å²) in [6.07, 6.45) is 0.573. The van der Waals surface area contributed by atoms with Gasteiger partial charge < -0.3 is 16.0 Å². The molecule has 0 spiro atoms. The summed E-state index contributed by atoms with van der Waals surface area (Å²) in [7, 11) is 0. The van der Waals surface area contributed by atoms with Crippen molar-refractivity contribution in [2.24, 2.45) is 5.73 Å². The second-order valence-corrected chi connectivity index (χ2v) is 8.90. The second-order valence-electron chi connectivity index (χ2n) is 6.90. The van der Waals surface area contributed by atoms with Gasteiger partial charge in [-0.15, -0.1) is 11.3 Å². The van der Waals surface area contributed by atoms with Crippen LogP contribution in [-0.4, -0.2) is 45.4 Å². The Hall–Kier alpha value is -2.72. The van der Waals surface area contributed by atoms with Gasteiger partial charge in [-0.05, 0) is 30.5 Å². The number of nitrogens with two attached hydrogens (primary N) is 1. The lowest BCUT2D eigenvalue weighted by atomic mass is 10.0. The molecule has 1 aliphatic heterocycles. The maximum absolute atomic E-state index is 13.1. The molecule has 0 saturated carbocycles. The first-order valence-electron chi connectivity index (χ1n) is 8.98. The molecule has 0 fully saturated rings. The van der Waals surface area contributed by atoms with Crippen molar-refractivity contribution in [1.82, 2.24) is 20.4 Å². The van der Waals surface area contributed by atoms with Gasteiger partial charge in [0, 0.05) is 33.4 Å². The molecule has 4 rings (SSSR count). The van der Waals surface area contributed by atoms with Gasteiger partial charge in [0.2, 0.25) is 5.91 Å². The Morgan fingerprint density at radius 3 is 2.90 bits per heavy atom. The zero-order valence-electron chi connectivity index (χ0n) is 15.5. The number of fused-ring (bicyclic) bond motifs is 2. The van der Waals surface area contributed by atoms with Crippen LogP contribution in [0.2, 0.25) is 0 Å². The molecule has 3 heterocycles. The van der Waals surface area contributed by atoms with E-state index in [1.807, 2.05) is 24.3 Å². The molecule has 1 unspecified atom stereocenters. The molecule has 4 N–H and O–H groups in total. The number of carbonyl (C=O) groups is 3. The van der Waals surface area contributed by atoms with Crippen LogP contribution >= 0.6 is 27.3 Å². The van der Waals surface area contributed by atoms with E-state index in [9.17, 15) is 14.4 Å². The number of nitrogens with one attached hydrogen (secondary N) is 2. The Morgan fingerprint density at radius 1 is 1.34 bits per heavy atom. The summed E-state index contributed by atoms with van der Waals surface area (Å²) in [6.45, 7) is 2.32. The number of benzene rings is 1. The van der Waals surface area contributed by atoms with Crippen molar-refractivity contribution in [3.05, 3.63) is 50.6 Å². The average molecular weight is 476 g/mol. The number of carbonyl (C=O) groups excluding carboxylic acids is 3. The molecule has 1 aliphatic rings. The summed E-state index contributed by atoms with van der Waals surface area (Å²) >= 11 is 4.89. The standard InChI is InChI=1S/C19H18BrN5O3S/c1-9(17(21)26)22-18(27)16-12-8-25(5-4-13(12)23-24-16)19(28)15-6-10-2-3-11(20)7-14(10)29-15/h2-3,6-7,9H,4-5,8H2,1H3,(H2,21,26)(H,22,27)(H,23,24). The molecule has 3 aromatic rings. The lowest BCUT2D eigenvalue weighted by Crippen LogP contribution is -2.43. The first kappa shape index (κ1) is 19.6. The van der Waals surface area contributed by atoms with E-state index >= 15 is 0 Å². The van der Waals surface area contributed by atoms with E-state index in [-0.39, 0.29) is 18.1 Å². The predicted molar refractivity (Wildman–Crippen MR) is 113 cm³/mol. The topological polar surface area (TPSA) is 121 Å². The third-order valence-electron chi connectivity index (χ3n) is 4.90. The molecule has 2 aromatic heterocycles. The van der Waals surface area contributed by atoms with Gasteiger partial charge in [-0.3, -0.25) is 19.5 Å². The number of halogens is 1. The summed E-state index contributed by atoms with van der Waals surface area (Å²) in [6, 6.07) is 6.99. The molecule has 150 valence electrons. The number of thiophene rings is 1. The summed E-state index contributed by atoms with van der Waals surface area (Å²) in [4.78, 5) is 39.1. The van der Waals surface area contributed by atoms with Gasteiger partial charge in [-0.1, -0.05) is 22.0 Å². The van der Waals surface area contributed by atoms with E-state index in [1.165, 1.54) is 18.3 Å². The smallest absolute Gasteiger partial charge is 0.272 e. The molecule has 3 amide bonds. The van der Waals surface area contributed by atoms with Crippen LogP contribution in [0.3, 0.4) is 0 Å². The molecule has 0 bridgehead atoms. The minimum atomic E-state index is -0.811. The van der Waals surface area contributed by atoms with E-state index in [4.69, 9.17) is 5.73 Å². The normalized spacial score (nSPS) is 14.5. The van der Waals surface area contributed by atoms with Crippen molar-refractivity contribution in [3.8, 4) is 0 Å². The minimum absolute atomic E-state index is 0.0777. The van der Waals surface area contributed by atoms with E-state index in [2.05, 4.69) is 31.4 Å². The van der Waals surface area contributed by atoms with Crippen LogP contribution in [0.15, 0.2) is 28.7 Å². The molecular formula is C19H18BrN5O3S. The van der Waals surface area contributed by atoms with Crippen molar-refractivity contribution < 1.29 is 14.4 Å². The number of aromatic nitrogens is 2. The Bertz CT molecular complexity index is 1140. The van der Waals surface area contributed by atoms with Crippen LogP contribution in [0.5, 0.6) is 0 Å². The number of rotatable bonds is 4. The van der Waals surface area contributed by atoms with Crippen LogP contribution in [0.4, 0.5) is 0 Å². The average Bonchev–Trinajstić information content (AvgIpc) is 3.30. The van der Waals surface area contributed by atoms with Gasteiger partial charge in [-0.2, -0.15) is 5.10 Å². The molecule has 1 atom stereocenters. The van der Waals surface area contributed by atoms with Gasteiger partial charge >= 0.3 is 0 Å². The van der Waals surface area contributed by atoms with Crippen LogP contribution in [0, 0.1) is 0 Å². The Labute approximate surface area is 178 Å². The van der Waals surface area contributed by atoms with E-state index in [1.54, 1.807) is 4.90 Å². The third kappa shape index (κ3) is 3.77. The number of H-pyrrole nitrogens is 1. The van der Waals surface area contributed by atoms with Crippen molar-refractivity contribution in [3.63, 3.8) is 0 Å². The van der Waals surface area contributed by atoms with E-state index in [0.29, 0.717) is 23.4 Å². The fraction of sp³-hybridized carbons (Fsp3) is 0.263. The predicted octanol–water partition coefficient (Wildman–Crippen LogP) is 2.19. The van der Waals surface area contributed by atoms with Crippen LogP contribution in [0.25, 0.3) is 10.1 Å². The number of amides is 3. The SMILES string of the molecule is CC(NC(=O)c1n[nH]c2c1CN(C(=O)c1cc3ccc(Br)cc3s1)CC2)C(N)=O. The van der Waals surface area contributed by atoms with Gasteiger partial charge in [0.25, 0.3) is 11.8 Å². The van der Waals surface area contributed by atoms with Crippen molar-refractivity contribution >= 4 is 55.1 Å². The minimum Gasteiger partial charge on any atom is -0.368 e. The maximum Gasteiger partial charge on any atom is 0.272 e. The van der Waals surface area contributed by atoms with Crippen molar-refractivity contribution in [2.45, 2.75) is 25.9 Å². The van der Waals surface area contributed by atoms with Crippen LogP contribution < -0.4 is 11.1 Å². The van der Waals surface area contributed by atoms with Gasteiger partial charge in [-0.25, -0.2) is 0 Å². The number of primary amides is 1. The Morgan fingerprint density at radius 2 is 2.14 bits per heavy atom. The van der Waals surface area contributed by atoms with Crippen molar-refractivity contribution in [1.29, 1.82) is 0 Å². The van der Waals surface area contributed by atoms with Gasteiger partial charge in [0.1, 0.15) is 6.04 Å². The highest BCUT2D eigenvalue weighted by Crippen LogP contribution is 2.30. The highest BCUT2D eigenvalue weighted by atomic mass is 79.9. The summed E-state index contributed by atoms with van der Waals surface area (Å²) in [5, 5.41) is 10.5. The summed E-state index contributed by atoms with van der Waals surface area (Å²) in [5.41, 5.74) is 6.89. The van der Waals surface area contributed by atoms with Crippen molar-refractivity contribution in [2.75, 3.05) is 6.54 Å². The number of hydrogen-bond donors (Lipinski definition) is 3. The second kappa shape index (κ2) is 7.60. The first-order valence-corrected chi connectivity index (χ1v) is 10.6. The lowest BCUT2D eigenvalue weighted by molar-refractivity contribution is -0.119. The molecule has 0 radical (unpaired) electrons. The van der Waals surface area contributed by atoms with E-state index < -0.39 is 17.9 Å². The quantitative estimate of drug-likeness (QED) is 0.535. The maximum atomic E-state index is 13.1. The lowest BCUT2D eigenvalue weighted by Gasteiger charge is -2.26. The largest absolute Gasteiger partial charge is 0.368 e. The number of nitrogens with zero attached hydrogens (tertiary/aromatic N) is 2. The number of aromatic amines is 1. The summed E-state index contributed by atoms with van der Waals surface area (Å²) < 4.78 is 2.00. The first-order chi connectivity index (χ1) is 13.8. The molecule has 10 heteroatoms.